The van der Waals surface area contributed by atoms with Gasteiger partial charge in [0.25, 0.3) is 0 Å². The van der Waals surface area contributed by atoms with Gasteiger partial charge in [0, 0.05) is 12.4 Å². The van der Waals surface area contributed by atoms with Crippen LogP contribution in [-0.4, -0.2) is 35.7 Å². The van der Waals surface area contributed by atoms with Gasteiger partial charge in [0.1, 0.15) is 5.60 Å². The van der Waals surface area contributed by atoms with Crippen LogP contribution in [0.25, 0.3) is 0 Å². The Balaban J connectivity index is 2.75. The highest BCUT2D eigenvalue weighted by molar-refractivity contribution is 5.94. The summed E-state index contributed by atoms with van der Waals surface area (Å²) in [6.07, 6.45) is 3.29. The summed E-state index contributed by atoms with van der Waals surface area (Å²) in [6, 6.07) is 1.41. The lowest BCUT2D eigenvalue weighted by Gasteiger charge is -2.19. The third-order valence-electron chi connectivity index (χ3n) is 2.19. The molecule has 2 N–H and O–H groups in total. The number of aromatic nitrogens is 1. The van der Waals surface area contributed by atoms with Crippen molar-refractivity contribution >= 4 is 11.9 Å². The van der Waals surface area contributed by atoms with Crippen molar-refractivity contribution in [2.75, 3.05) is 13.2 Å². The van der Waals surface area contributed by atoms with Crippen LogP contribution in [0.5, 0.6) is 0 Å². The molecule has 6 heteroatoms. The molecular formula is C14H20N2O4. The van der Waals surface area contributed by atoms with Gasteiger partial charge in [-0.15, -0.1) is 0 Å². The molecule has 0 amide bonds. The monoisotopic (exact) mass is 280 g/mol. The van der Waals surface area contributed by atoms with Gasteiger partial charge >= 0.3 is 11.9 Å². The van der Waals surface area contributed by atoms with E-state index in [4.69, 9.17) is 15.2 Å². The first-order valence-corrected chi connectivity index (χ1v) is 6.39. The van der Waals surface area contributed by atoms with Gasteiger partial charge in [0.15, 0.2) is 0 Å². The van der Waals surface area contributed by atoms with Crippen molar-refractivity contribution in [3.63, 3.8) is 0 Å². The number of hydrogen-bond donors (Lipinski definition) is 1. The van der Waals surface area contributed by atoms with E-state index in [2.05, 4.69) is 4.98 Å². The average Bonchev–Trinajstić information content (AvgIpc) is 2.37. The van der Waals surface area contributed by atoms with Gasteiger partial charge in [-0.1, -0.05) is 0 Å². The highest BCUT2D eigenvalue weighted by atomic mass is 16.6. The van der Waals surface area contributed by atoms with Crippen LogP contribution in [-0.2, 0) is 9.47 Å². The van der Waals surface area contributed by atoms with Crippen LogP contribution in [0.1, 0.15) is 47.9 Å². The van der Waals surface area contributed by atoms with E-state index in [1.54, 1.807) is 20.8 Å². The van der Waals surface area contributed by atoms with Gasteiger partial charge in [0.05, 0.1) is 17.7 Å². The van der Waals surface area contributed by atoms with Gasteiger partial charge < -0.3 is 15.2 Å². The summed E-state index contributed by atoms with van der Waals surface area (Å²) in [7, 11) is 0. The summed E-state index contributed by atoms with van der Waals surface area (Å²) < 4.78 is 10.2. The Labute approximate surface area is 118 Å². The maximum atomic E-state index is 11.9. The zero-order chi connectivity index (χ0) is 15.2. The summed E-state index contributed by atoms with van der Waals surface area (Å²) in [5.41, 5.74) is 5.14. The largest absolute Gasteiger partial charge is 0.462 e. The molecule has 0 bridgehead atoms. The Morgan fingerprint density at radius 3 is 2.35 bits per heavy atom. The molecule has 0 spiro atoms. The molecule has 0 unspecified atom stereocenters. The molecule has 0 aliphatic carbocycles. The predicted molar refractivity (Wildman–Crippen MR) is 73.4 cm³/mol. The summed E-state index contributed by atoms with van der Waals surface area (Å²) in [5, 5.41) is 0. The van der Waals surface area contributed by atoms with Crippen molar-refractivity contribution in [1.82, 2.24) is 4.98 Å². The van der Waals surface area contributed by atoms with Gasteiger partial charge in [-0.3, -0.25) is 4.98 Å². The van der Waals surface area contributed by atoms with E-state index in [0.29, 0.717) is 13.0 Å². The highest BCUT2D eigenvalue weighted by Crippen LogP contribution is 2.13. The van der Waals surface area contributed by atoms with Gasteiger partial charge in [-0.25, -0.2) is 9.59 Å². The fraction of sp³-hybridized carbons (Fsp3) is 0.500. The Kier molecular flexibility index (Phi) is 5.64. The number of pyridine rings is 1. The molecule has 0 aliphatic heterocycles. The van der Waals surface area contributed by atoms with E-state index >= 15 is 0 Å². The summed E-state index contributed by atoms with van der Waals surface area (Å²) in [6.45, 7) is 5.99. The third kappa shape index (κ3) is 5.36. The quantitative estimate of drug-likeness (QED) is 0.650. The first-order chi connectivity index (χ1) is 9.33. The fourth-order valence-electron chi connectivity index (χ4n) is 1.33. The second-order valence-electron chi connectivity index (χ2n) is 5.24. The van der Waals surface area contributed by atoms with Crippen molar-refractivity contribution in [2.45, 2.75) is 32.8 Å². The molecule has 1 heterocycles. The fourth-order valence-corrected chi connectivity index (χ4v) is 1.33. The maximum Gasteiger partial charge on any atom is 0.340 e. The van der Waals surface area contributed by atoms with E-state index in [-0.39, 0.29) is 17.7 Å². The van der Waals surface area contributed by atoms with Crippen molar-refractivity contribution in [2.24, 2.45) is 5.73 Å². The first kappa shape index (κ1) is 16.1. The van der Waals surface area contributed by atoms with E-state index in [0.717, 1.165) is 0 Å². The summed E-state index contributed by atoms with van der Waals surface area (Å²) in [5.74, 6) is -1.06. The van der Waals surface area contributed by atoms with Crippen LogP contribution in [0, 0.1) is 0 Å². The molecule has 0 atom stereocenters. The number of ether oxygens (including phenoxy) is 2. The second kappa shape index (κ2) is 7.00. The molecule has 0 radical (unpaired) electrons. The SMILES string of the molecule is CC(C)(C)OC(=O)c1cncc(C(=O)OCCCN)c1. The van der Waals surface area contributed by atoms with Gasteiger partial charge in [0.2, 0.25) is 0 Å². The Hall–Kier alpha value is -1.95. The Morgan fingerprint density at radius 1 is 1.20 bits per heavy atom. The average molecular weight is 280 g/mol. The molecule has 0 fully saturated rings. The van der Waals surface area contributed by atoms with Crippen LogP contribution in [0.15, 0.2) is 18.5 Å². The van der Waals surface area contributed by atoms with Gasteiger partial charge in [-0.2, -0.15) is 0 Å². The van der Waals surface area contributed by atoms with Crippen molar-refractivity contribution in [1.29, 1.82) is 0 Å². The molecule has 0 aliphatic rings. The molecular weight excluding hydrogens is 260 g/mol. The molecule has 110 valence electrons. The molecule has 6 nitrogen and oxygen atoms in total. The van der Waals surface area contributed by atoms with Crippen LogP contribution in [0.4, 0.5) is 0 Å². The number of esters is 2. The summed E-state index contributed by atoms with van der Waals surface area (Å²) in [4.78, 5) is 27.4. The zero-order valence-electron chi connectivity index (χ0n) is 12.0. The number of carbonyl (C=O) groups is 2. The van der Waals surface area contributed by atoms with Crippen LogP contribution < -0.4 is 5.73 Å². The molecule has 20 heavy (non-hydrogen) atoms. The lowest BCUT2D eigenvalue weighted by molar-refractivity contribution is 0.00690. The Morgan fingerprint density at radius 2 is 1.80 bits per heavy atom. The predicted octanol–water partition coefficient (Wildman–Crippen LogP) is 1.54. The second-order valence-corrected chi connectivity index (χ2v) is 5.24. The van der Waals surface area contributed by atoms with Crippen molar-refractivity contribution in [3.8, 4) is 0 Å². The topological polar surface area (TPSA) is 91.5 Å². The molecule has 0 saturated carbocycles. The third-order valence-corrected chi connectivity index (χ3v) is 2.19. The number of rotatable bonds is 5. The van der Waals surface area contributed by atoms with Crippen LogP contribution in [0.3, 0.4) is 0 Å². The standard InChI is InChI=1S/C14H20N2O4/c1-14(2,3)20-13(18)11-7-10(8-16-9-11)12(17)19-6-4-5-15/h7-9H,4-6,15H2,1-3H3. The minimum atomic E-state index is -0.602. The lowest BCUT2D eigenvalue weighted by Crippen LogP contribution is -2.24. The minimum Gasteiger partial charge on any atom is -0.462 e. The van der Waals surface area contributed by atoms with E-state index in [1.165, 1.54) is 18.5 Å². The maximum absolute atomic E-state index is 11.9. The number of nitrogens with two attached hydrogens (primary N) is 1. The molecule has 1 rings (SSSR count). The highest BCUT2D eigenvalue weighted by Gasteiger charge is 2.19. The molecule has 1 aromatic heterocycles. The smallest absolute Gasteiger partial charge is 0.340 e. The van der Waals surface area contributed by atoms with E-state index in [9.17, 15) is 9.59 Å². The van der Waals surface area contributed by atoms with E-state index < -0.39 is 17.5 Å². The normalized spacial score (nSPS) is 11.0. The van der Waals surface area contributed by atoms with Gasteiger partial charge in [-0.05, 0) is 39.8 Å². The first-order valence-electron chi connectivity index (χ1n) is 6.39. The van der Waals surface area contributed by atoms with E-state index in [1.807, 2.05) is 0 Å². The lowest BCUT2D eigenvalue weighted by atomic mass is 10.1. The number of hydrogen-bond acceptors (Lipinski definition) is 6. The molecule has 0 aromatic carbocycles. The number of nitrogens with zero attached hydrogens (tertiary/aromatic N) is 1. The van der Waals surface area contributed by atoms with Crippen molar-refractivity contribution in [3.05, 3.63) is 29.6 Å². The van der Waals surface area contributed by atoms with Crippen molar-refractivity contribution < 1.29 is 19.1 Å². The number of carbonyl (C=O) groups excluding carboxylic acids is 2. The van der Waals surface area contributed by atoms with Crippen LogP contribution >= 0.6 is 0 Å². The Bertz CT molecular complexity index is 480. The molecule has 0 saturated heterocycles. The molecule has 1 aromatic rings. The summed E-state index contributed by atoms with van der Waals surface area (Å²) >= 11 is 0. The zero-order valence-corrected chi connectivity index (χ0v) is 12.0. The van der Waals surface area contributed by atoms with Crippen LogP contribution in [0.2, 0.25) is 0 Å². The minimum absolute atomic E-state index is 0.213.